The van der Waals surface area contributed by atoms with E-state index in [0.717, 1.165) is 52.4 Å². The van der Waals surface area contributed by atoms with Crippen molar-refractivity contribution in [2.24, 2.45) is 0 Å². The van der Waals surface area contributed by atoms with Crippen LogP contribution in [0.15, 0.2) is 58.5 Å². The summed E-state index contributed by atoms with van der Waals surface area (Å²) in [7, 11) is 0. The van der Waals surface area contributed by atoms with Gasteiger partial charge in [0.25, 0.3) is 11.2 Å². The number of para-hydroxylation sites is 1. The van der Waals surface area contributed by atoms with E-state index in [1.165, 1.54) is 40.2 Å². The van der Waals surface area contributed by atoms with Gasteiger partial charge in [0.05, 0.1) is 28.5 Å². The van der Waals surface area contributed by atoms with Crippen molar-refractivity contribution in [1.29, 1.82) is 0 Å². The molecule has 0 unspecified atom stereocenters. The van der Waals surface area contributed by atoms with E-state index in [1.807, 2.05) is 24.3 Å². The number of nitro groups is 1. The number of rotatable bonds is 8. The zero-order chi connectivity index (χ0) is 28.7. The topological polar surface area (TPSA) is 149 Å². The molecule has 5 aromatic rings. The minimum absolute atomic E-state index is 0.0991. The van der Waals surface area contributed by atoms with Crippen molar-refractivity contribution in [2.45, 2.75) is 31.3 Å². The molecule has 11 nitrogen and oxygen atoms in total. The number of amides is 1. The first-order valence-electron chi connectivity index (χ1n) is 12.9. The number of aromatic nitrogens is 3. The normalized spacial score (nSPS) is 12.5. The summed E-state index contributed by atoms with van der Waals surface area (Å²) in [5.74, 6) is -0.921. The first kappa shape index (κ1) is 26.7. The first-order chi connectivity index (χ1) is 19.9. The number of fused-ring (bicyclic) bond motifs is 4. The molecule has 0 bridgehead atoms. The zero-order valence-electron chi connectivity index (χ0n) is 21.8. The molecule has 2 aromatic carbocycles. The predicted octanol–water partition coefficient (Wildman–Crippen LogP) is 5.23. The molecule has 2 N–H and O–H groups in total. The van der Waals surface area contributed by atoms with Crippen molar-refractivity contribution in [3.63, 3.8) is 0 Å². The molecule has 3 heterocycles. The lowest BCUT2D eigenvalue weighted by atomic mass is 10.1. The number of benzene rings is 2. The Labute approximate surface area is 240 Å². The maximum Gasteiger partial charge on any atom is 0.341 e. The van der Waals surface area contributed by atoms with E-state index in [0.29, 0.717) is 21.8 Å². The number of non-ortho nitro benzene ring substituents is 1. The molecule has 0 aliphatic heterocycles. The molecule has 3 aromatic heterocycles. The molecule has 0 atom stereocenters. The smallest absolute Gasteiger partial charge is 0.341 e. The van der Waals surface area contributed by atoms with Crippen LogP contribution in [-0.4, -0.2) is 43.7 Å². The molecule has 1 aliphatic rings. The fourth-order valence-corrected chi connectivity index (χ4v) is 7.09. The van der Waals surface area contributed by atoms with Gasteiger partial charge in [0, 0.05) is 27.9 Å². The third-order valence-electron chi connectivity index (χ3n) is 6.80. The molecular weight excluding hydrogens is 566 g/mol. The third-order valence-corrected chi connectivity index (χ3v) is 8.95. The van der Waals surface area contributed by atoms with Crippen LogP contribution in [0.1, 0.15) is 34.1 Å². The lowest BCUT2D eigenvalue weighted by Crippen LogP contribution is -2.23. The van der Waals surface area contributed by atoms with Crippen molar-refractivity contribution >= 4 is 67.6 Å². The highest BCUT2D eigenvalue weighted by atomic mass is 32.2. The summed E-state index contributed by atoms with van der Waals surface area (Å²) in [5, 5.41) is 15.5. The SMILES string of the molecule is CCOC(=O)c1c(NC(=O)CSc2nc3c([nH]c4ccccc43)c(=O)n2-c2ccc([N+](=O)[O-])cc2)sc2c1CCC2. The van der Waals surface area contributed by atoms with Gasteiger partial charge in [-0.1, -0.05) is 30.0 Å². The van der Waals surface area contributed by atoms with Gasteiger partial charge in [0.15, 0.2) is 5.16 Å². The highest BCUT2D eigenvalue weighted by Crippen LogP contribution is 2.39. The van der Waals surface area contributed by atoms with Gasteiger partial charge in [-0.3, -0.25) is 24.3 Å². The van der Waals surface area contributed by atoms with E-state index in [1.54, 1.807) is 6.92 Å². The molecule has 0 saturated carbocycles. The number of thioether (sulfide) groups is 1. The molecule has 0 radical (unpaired) electrons. The van der Waals surface area contributed by atoms with Gasteiger partial charge in [0.2, 0.25) is 5.91 Å². The van der Waals surface area contributed by atoms with Crippen LogP contribution in [0.3, 0.4) is 0 Å². The molecular formula is C28H23N5O6S2. The van der Waals surface area contributed by atoms with E-state index < -0.39 is 16.5 Å². The van der Waals surface area contributed by atoms with E-state index in [2.05, 4.69) is 10.3 Å². The lowest BCUT2D eigenvalue weighted by Gasteiger charge is -2.12. The Hall–Kier alpha value is -4.49. The molecule has 41 heavy (non-hydrogen) atoms. The highest BCUT2D eigenvalue weighted by molar-refractivity contribution is 7.99. The Morgan fingerprint density at radius 1 is 1.20 bits per heavy atom. The van der Waals surface area contributed by atoms with Crippen molar-refractivity contribution in [2.75, 3.05) is 17.7 Å². The Balaban J connectivity index is 1.35. The average Bonchev–Trinajstić information content (AvgIpc) is 3.65. The van der Waals surface area contributed by atoms with Crippen molar-refractivity contribution in [3.05, 3.63) is 85.0 Å². The number of aromatic amines is 1. The molecule has 6 rings (SSSR count). The van der Waals surface area contributed by atoms with Gasteiger partial charge in [-0.25, -0.2) is 9.78 Å². The average molecular weight is 590 g/mol. The summed E-state index contributed by atoms with van der Waals surface area (Å²) in [6, 6.07) is 12.9. The minimum atomic E-state index is -0.517. The number of nitrogens with one attached hydrogen (secondary N) is 2. The predicted molar refractivity (Wildman–Crippen MR) is 158 cm³/mol. The summed E-state index contributed by atoms with van der Waals surface area (Å²) in [6.07, 6.45) is 2.58. The van der Waals surface area contributed by atoms with Crippen molar-refractivity contribution < 1.29 is 19.2 Å². The van der Waals surface area contributed by atoms with Crippen molar-refractivity contribution in [3.8, 4) is 5.69 Å². The van der Waals surface area contributed by atoms with Crippen LogP contribution in [0.5, 0.6) is 0 Å². The summed E-state index contributed by atoms with van der Waals surface area (Å²) in [4.78, 5) is 59.2. The van der Waals surface area contributed by atoms with E-state index in [4.69, 9.17) is 9.72 Å². The third kappa shape index (κ3) is 4.87. The second-order valence-corrected chi connectivity index (χ2v) is 11.4. The fourth-order valence-electron chi connectivity index (χ4n) is 4.99. The number of carbonyl (C=O) groups is 2. The van der Waals surface area contributed by atoms with Gasteiger partial charge in [-0.2, -0.15) is 0 Å². The van der Waals surface area contributed by atoms with Crippen LogP contribution >= 0.6 is 23.1 Å². The number of nitrogens with zero attached hydrogens (tertiary/aromatic N) is 3. The van der Waals surface area contributed by atoms with E-state index >= 15 is 0 Å². The second-order valence-electron chi connectivity index (χ2n) is 9.32. The Morgan fingerprint density at radius 2 is 1.98 bits per heavy atom. The van der Waals surface area contributed by atoms with Gasteiger partial charge >= 0.3 is 5.97 Å². The number of thiophene rings is 1. The van der Waals surface area contributed by atoms with Crippen LogP contribution in [-0.2, 0) is 22.4 Å². The highest BCUT2D eigenvalue weighted by Gasteiger charge is 2.28. The summed E-state index contributed by atoms with van der Waals surface area (Å²) in [5.41, 5.74) is 2.70. The van der Waals surface area contributed by atoms with Crippen LogP contribution in [0.25, 0.3) is 27.6 Å². The lowest BCUT2D eigenvalue weighted by molar-refractivity contribution is -0.384. The quantitative estimate of drug-likeness (QED) is 0.0821. The van der Waals surface area contributed by atoms with E-state index in [-0.39, 0.29) is 34.6 Å². The molecule has 0 spiro atoms. The van der Waals surface area contributed by atoms with Crippen LogP contribution in [0.2, 0.25) is 0 Å². The van der Waals surface area contributed by atoms with Gasteiger partial charge < -0.3 is 15.0 Å². The largest absolute Gasteiger partial charge is 0.462 e. The van der Waals surface area contributed by atoms with Crippen LogP contribution in [0, 0.1) is 10.1 Å². The number of esters is 1. The number of ether oxygens (including phenoxy) is 1. The minimum Gasteiger partial charge on any atom is -0.462 e. The monoisotopic (exact) mass is 589 g/mol. The number of anilines is 1. The number of hydrogen-bond acceptors (Lipinski definition) is 9. The summed E-state index contributed by atoms with van der Waals surface area (Å²) >= 11 is 2.45. The first-order valence-corrected chi connectivity index (χ1v) is 14.7. The van der Waals surface area contributed by atoms with Crippen molar-refractivity contribution in [1.82, 2.24) is 14.5 Å². The molecule has 208 valence electrons. The fraction of sp³-hybridized carbons (Fsp3) is 0.214. The number of nitro benzene ring substituents is 1. The van der Waals surface area contributed by atoms with Crippen LogP contribution < -0.4 is 10.9 Å². The molecule has 0 saturated heterocycles. The number of hydrogen-bond donors (Lipinski definition) is 2. The molecule has 0 fully saturated rings. The summed E-state index contributed by atoms with van der Waals surface area (Å²) in [6.45, 7) is 1.97. The zero-order valence-corrected chi connectivity index (χ0v) is 23.4. The van der Waals surface area contributed by atoms with E-state index in [9.17, 15) is 24.5 Å². The second kappa shape index (κ2) is 10.8. The maximum absolute atomic E-state index is 13.7. The van der Waals surface area contributed by atoms with Gasteiger partial charge in [-0.05, 0) is 49.9 Å². The molecule has 1 aliphatic carbocycles. The summed E-state index contributed by atoms with van der Waals surface area (Å²) < 4.78 is 6.59. The van der Waals surface area contributed by atoms with Crippen LogP contribution in [0.4, 0.5) is 10.7 Å². The molecule has 13 heteroatoms. The molecule has 1 amide bonds. The Kier molecular flexibility index (Phi) is 7.05. The Morgan fingerprint density at radius 3 is 2.73 bits per heavy atom. The maximum atomic E-state index is 13.7. The number of aryl methyl sites for hydroxylation is 1. The van der Waals surface area contributed by atoms with Gasteiger partial charge in [0.1, 0.15) is 16.0 Å². The standard InChI is InChI=1S/C28H23N5O6S2/c1-2-39-27(36)22-18-7-5-9-20(18)41-25(22)30-21(34)14-40-28-31-23-17-6-3-4-8-19(17)29-24(23)26(35)32(28)15-10-12-16(13-11-15)33(37)38/h3-4,6,8,10-13,29H,2,5,7,9,14H2,1H3,(H,30,34). The number of H-pyrrole nitrogens is 1. The Bertz CT molecular complexity index is 1910. The number of carbonyl (C=O) groups excluding carboxylic acids is 2. The van der Waals surface area contributed by atoms with Gasteiger partial charge in [-0.15, -0.1) is 11.3 Å².